The van der Waals surface area contributed by atoms with Gasteiger partial charge in [0.2, 0.25) is 0 Å². The number of thioether (sulfide) groups is 1. The zero-order valence-corrected chi connectivity index (χ0v) is 13.9. The van der Waals surface area contributed by atoms with Gasteiger partial charge in [0.1, 0.15) is 0 Å². The van der Waals surface area contributed by atoms with Crippen molar-refractivity contribution in [3.05, 3.63) is 29.8 Å². The number of nitrogens with zero attached hydrogens (tertiary/aromatic N) is 2. The van der Waals surface area contributed by atoms with Crippen LogP contribution in [0.25, 0.3) is 0 Å². The molecule has 1 unspecified atom stereocenters. The van der Waals surface area contributed by atoms with Crippen molar-refractivity contribution in [1.29, 1.82) is 0 Å². The van der Waals surface area contributed by atoms with E-state index in [2.05, 4.69) is 52.8 Å². The Balaban J connectivity index is 1.85. The smallest absolute Gasteiger partial charge is 0.193 e. The van der Waals surface area contributed by atoms with Gasteiger partial charge in [0, 0.05) is 44.6 Å². The van der Waals surface area contributed by atoms with Gasteiger partial charge in [-0.05, 0) is 30.4 Å². The van der Waals surface area contributed by atoms with Gasteiger partial charge in [0.25, 0.3) is 0 Å². The minimum atomic E-state index is 0.607. The third-order valence-corrected chi connectivity index (χ3v) is 4.47. The second-order valence-electron chi connectivity index (χ2n) is 5.36. The minimum Gasteiger partial charge on any atom is -0.381 e. The first-order valence-corrected chi connectivity index (χ1v) is 8.58. The van der Waals surface area contributed by atoms with Crippen LogP contribution in [0.15, 0.2) is 34.2 Å². The van der Waals surface area contributed by atoms with Gasteiger partial charge < -0.3 is 15.0 Å². The predicted octanol–water partition coefficient (Wildman–Crippen LogP) is 2.45. The standard InChI is InChI=1S/C16H25N3OS/c1-17-16(18-10-14-8-9-20-12-14)19(2)11-13-4-6-15(21-3)7-5-13/h4-7,14H,8-12H2,1-3H3,(H,17,18). The highest BCUT2D eigenvalue weighted by Crippen LogP contribution is 2.15. The molecule has 116 valence electrons. The van der Waals surface area contributed by atoms with E-state index in [9.17, 15) is 0 Å². The molecule has 1 fully saturated rings. The molecule has 5 heteroatoms. The van der Waals surface area contributed by atoms with E-state index in [4.69, 9.17) is 4.74 Å². The van der Waals surface area contributed by atoms with E-state index in [1.165, 1.54) is 10.5 Å². The van der Waals surface area contributed by atoms with Crippen LogP contribution in [-0.2, 0) is 11.3 Å². The molecule has 0 amide bonds. The normalized spacial score (nSPS) is 18.8. The van der Waals surface area contributed by atoms with Crippen LogP contribution in [0.5, 0.6) is 0 Å². The molecule has 4 nitrogen and oxygen atoms in total. The highest BCUT2D eigenvalue weighted by atomic mass is 32.2. The molecule has 0 aromatic heterocycles. The van der Waals surface area contributed by atoms with Crippen LogP contribution < -0.4 is 5.32 Å². The molecule has 1 aromatic carbocycles. The van der Waals surface area contributed by atoms with Crippen molar-refractivity contribution in [1.82, 2.24) is 10.2 Å². The number of benzene rings is 1. The van der Waals surface area contributed by atoms with Crippen molar-refractivity contribution in [3.63, 3.8) is 0 Å². The Morgan fingerprint density at radius 3 is 2.76 bits per heavy atom. The zero-order valence-electron chi connectivity index (χ0n) is 13.1. The lowest BCUT2D eigenvalue weighted by molar-refractivity contribution is 0.186. The van der Waals surface area contributed by atoms with Crippen LogP contribution in [0.1, 0.15) is 12.0 Å². The molecule has 1 N–H and O–H groups in total. The Bertz CT molecular complexity index is 455. The topological polar surface area (TPSA) is 36.9 Å². The maximum absolute atomic E-state index is 5.41. The quantitative estimate of drug-likeness (QED) is 0.515. The van der Waals surface area contributed by atoms with E-state index in [1.54, 1.807) is 11.8 Å². The molecule has 2 rings (SSSR count). The number of hydrogen-bond acceptors (Lipinski definition) is 3. The van der Waals surface area contributed by atoms with Gasteiger partial charge >= 0.3 is 0 Å². The monoisotopic (exact) mass is 307 g/mol. The summed E-state index contributed by atoms with van der Waals surface area (Å²) in [5, 5.41) is 3.45. The third-order valence-electron chi connectivity index (χ3n) is 3.73. The highest BCUT2D eigenvalue weighted by Gasteiger charge is 2.16. The Hall–Kier alpha value is -1.20. The minimum absolute atomic E-state index is 0.607. The fourth-order valence-corrected chi connectivity index (χ4v) is 2.85. The Morgan fingerprint density at radius 1 is 1.43 bits per heavy atom. The predicted molar refractivity (Wildman–Crippen MR) is 90.0 cm³/mol. The second kappa shape index (κ2) is 8.29. The van der Waals surface area contributed by atoms with Gasteiger partial charge in [-0.3, -0.25) is 4.99 Å². The van der Waals surface area contributed by atoms with Crippen molar-refractivity contribution in [2.45, 2.75) is 17.9 Å². The van der Waals surface area contributed by atoms with Crippen molar-refractivity contribution in [2.75, 3.05) is 40.1 Å². The van der Waals surface area contributed by atoms with Crippen molar-refractivity contribution >= 4 is 17.7 Å². The van der Waals surface area contributed by atoms with Crippen LogP contribution in [0, 0.1) is 5.92 Å². The first-order valence-electron chi connectivity index (χ1n) is 7.35. The molecule has 0 saturated carbocycles. The molecular weight excluding hydrogens is 282 g/mol. The van der Waals surface area contributed by atoms with Crippen molar-refractivity contribution in [3.8, 4) is 0 Å². The van der Waals surface area contributed by atoms with E-state index in [0.717, 1.165) is 38.7 Å². The summed E-state index contributed by atoms with van der Waals surface area (Å²) in [5.41, 5.74) is 1.29. The van der Waals surface area contributed by atoms with E-state index >= 15 is 0 Å². The Labute approximate surface area is 132 Å². The lowest BCUT2D eigenvalue weighted by Gasteiger charge is -2.23. The number of ether oxygens (including phenoxy) is 1. The summed E-state index contributed by atoms with van der Waals surface area (Å²) in [7, 11) is 3.91. The lowest BCUT2D eigenvalue weighted by atomic mass is 10.1. The summed E-state index contributed by atoms with van der Waals surface area (Å²) in [6, 6.07) is 8.70. The molecule has 0 bridgehead atoms. The first-order chi connectivity index (χ1) is 10.2. The van der Waals surface area contributed by atoms with E-state index in [0.29, 0.717) is 5.92 Å². The van der Waals surface area contributed by atoms with Crippen molar-refractivity contribution in [2.24, 2.45) is 10.9 Å². The maximum atomic E-state index is 5.41. The molecule has 0 radical (unpaired) electrons. The Morgan fingerprint density at radius 2 is 2.19 bits per heavy atom. The molecule has 1 saturated heterocycles. The largest absolute Gasteiger partial charge is 0.381 e. The average molecular weight is 307 g/mol. The molecule has 1 heterocycles. The van der Waals surface area contributed by atoms with Gasteiger partial charge in [0.05, 0.1) is 6.61 Å². The molecular formula is C16H25N3OS. The van der Waals surface area contributed by atoms with Crippen LogP contribution in [0.3, 0.4) is 0 Å². The van der Waals surface area contributed by atoms with Gasteiger partial charge in [-0.1, -0.05) is 12.1 Å². The second-order valence-corrected chi connectivity index (χ2v) is 6.24. The average Bonchev–Trinajstić information content (AvgIpc) is 3.02. The van der Waals surface area contributed by atoms with Crippen molar-refractivity contribution < 1.29 is 4.74 Å². The lowest BCUT2D eigenvalue weighted by Crippen LogP contribution is -2.40. The van der Waals surface area contributed by atoms with Crippen LogP contribution in [0.4, 0.5) is 0 Å². The molecule has 1 atom stereocenters. The fourth-order valence-electron chi connectivity index (χ4n) is 2.44. The van der Waals surface area contributed by atoms with E-state index < -0.39 is 0 Å². The molecule has 1 aromatic rings. The molecule has 0 aliphatic carbocycles. The van der Waals surface area contributed by atoms with E-state index in [-0.39, 0.29) is 0 Å². The summed E-state index contributed by atoms with van der Waals surface area (Å²) >= 11 is 1.77. The number of aliphatic imine (C=N–C) groups is 1. The van der Waals surface area contributed by atoms with Crippen LogP contribution >= 0.6 is 11.8 Å². The van der Waals surface area contributed by atoms with Gasteiger partial charge in [0.15, 0.2) is 5.96 Å². The maximum Gasteiger partial charge on any atom is 0.193 e. The summed E-state index contributed by atoms with van der Waals surface area (Å²) in [6.07, 6.45) is 3.24. The van der Waals surface area contributed by atoms with Crippen LogP contribution in [-0.4, -0.2) is 51.0 Å². The number of nitrogens with one attached hydrogen (secondary N) is 1. The summed E-state index contributed by atoms with van der Waals surface area (Å²) in [4.78, 5) is 7.82. The highest BCUT2D eigenvalue weighted by molar-refractivity contribution is 7.98. The van der Waals surface area contributed by atoms with E-state index in [1.807, 2.05) is 7.05 Å². The summed E-state index contributed by atoms with van der Waals surface area (Å²) < 4.78 is 5.41. The molecule has 0 spiro atoms. The van der Waals surface area contributed by atoms with Gasteiger partial charge in [-0.25, -0.2) is 0 Å². The summed E-state index contributed by atoms with van der Waals surface area (Å²) in [6.45, 7) is 3.55. The molecule has 1 aliphatic heterocycles. The Kier molecular flexibility index (Phi) is 6.39. The summed E-state index contributed by atoms with van der Waals surface area (Å²) in [5.74, 6) is 1.55. The van der Waals surface area contributed by atoms with Gasteiger partial charge in [-0.15, -0.1) is 11.8 Å². The SMILES string of the molecule is CN=C(NCC1CCOC1)N(C)Cc1ccc(SC)cc1. The number of hydrogen-bond donors (Lipinski definition) is 1. The van der Waals surface area contributed by atoms with Gasteiger partial charge in [-0.2, -0.15) is 0 Å². The number of rotatable bonds is 5. The first kappa shape index (κ1) is 16.2. The molecule has 21 heavy (non-hydrogen) atoms. The fraction of sp³-hybridized carbons (Fsp3) is 0.562. The number of guanidine groups is 1. The molecule has 1 aliphatic rings. The zero-order chi connectivity index (χ0) is 15.1. The third kappa shape index (κ3) is 4.93. The van der Waals surface area contributed by atoms with Crippen LogP contribution in [0.2, 0.25) is 0 Å².